The lowest BCUT2D eigenvalue weighted by atomic mass is 10.2. The van der Waals surface area contributed by atoms with Crippen molar-refractivity contribution < 1.29 is 4.79 Å². The fraction of sp³-hybridized carbons (Fsp3) is 0.333. The van der Waals surface area contributed by atoms with Crippen molar-refractivity contribution in [3.8, 4) is 12.3 Å². The van der Waals surface area contributed by atoms with Gasteiger partial charge in [0.2, 0.25) is 5.91 Å². The monoisotopic (exact) mass is 192 g/mol. The van der Waals surface area contributed by atoms with Gasteiger partial charge in [-0.25, -0.2) is 0 Å². The molecular formula is C9H12N4O. The van der Waals surface area contributed by atoms with E-state index in [4.69, 9.17) is 12.2 Å². The number of aromatic amines is 1. The molecule has 0 bridgehead atoms. The summed E-state index contributed by atoms with van der Waals surface area (Å²) in [6, 6.07) is 1.03. The molecule has 0 saturated carbocycles. The molecule has 0 aromatic carbocycles. The van der Waals surface area contributed by atoms with Gasteiger partial charge in [-0.1, -0.05) is 0 Å². The molecule has 1 heterocycles. The van der Waals surface area contributed by atoms with E-state index in [0.29, 0.717) is 5.82 Å². The average Bonchev–Trinajstić information content (AvgIpc) is 2.51. The van der Waals surface area contributed by atoms with Gasteiger partial charge < -0.3 is 11.1 Å². The number of hydrogen-bond acceptors (Lipinski definition) is 3. The van der Waals surface area contributed by atoms with Gasteiger partial charge in [0.1, 0.15) is 0 Å². The van der Waals surface area contributed by atoms with Gasteiger partial charge in [-0.3, -0.25) is 9.89 Å². The summed E-state index contributed by atoms with van der Waals surface area (Å²) >= 11 is 0. The van der Waals surface area contributed by atoms with E-state index in [-0.39, 0.29) is 12.3 Å². The number of hydrogen-bond donors (Lipinski definition) is 3. The number of aryl methyl sites for hydroxylation is 1. The van der Waals surface area contributed by atoms with Crippen molar-refractivity contribution in [3.63, 3.8) is 0 Å². The minimum Gasteiger partial charge on any atom is -0.319 e. The van der Waals surface area contributed by atoms with Crippen LogP contribution in [-0.4, -0.2) is 22.1 Å². The summed E-state index contributed by atoms with van der Waals surface area (Å²) in [6.45, 7) is 1.84. The molecule has 0 aliphatic rings. The zero-order chi connectivity index (χ0) is 10.6. The van der Waals surface area contributed by atoms with Crippen molar-refractivity contribution in [1.82, 2.24) is 10.2 Å². The molecule has 1 atom stereocenters. The number of nitrogens with zero attached hydrogens (tertiary/aromatic N) is 1. The maximum atomic E-state index is 11.3. The average molecular weight is 192 g/mol. The second kappa shape index (κ2) is 4.44. The van der Waals surface area contributed by atoms with Crippen LogP contribution in [0.25, 0.3) is 0 Å². The van der Waals surface area contributed by atoms with Gasteiger partial charge in [0.05, 0.1) is 6.04 Å². The Labute approximate surface area is 82.1 Å². The van der Waals surface area contributed by atoms with E-state index in [1.807, 2.05) is 6.92 Å². The number of amides is 1. The van der Waals surface area contributed by atoms with Crippen LogP contribution in [0.2, 0.25) is 0 Å². The number of rotatable bonds is 3. The lowest BCUT2D eigenvalue weighted by Crippen LogP contribution is -2.35. The number of H-pyrrole nitrogens is 1. The highest BCUT2D eigenvalue weighted by Crippen LogP contribution is 2.04. The number of anilines is 1. The Kier molecular flexibility index (Phi) is 3.26. The predicted octanol–water partition coefficient (Wildman–Crippen LogP) is 0.00722. The molecule has 14 heavy (non-hydrogen) atoms. The first-order valence-corrected chi connectivity index (χ1v) is 4.15. The zero-order valence-electron chi connectivity index (χ0n) is 7.87. The Morgan fingerprint density at radius 2 is 2.64 bits per heavy atom. The van der Waals surface area contributed by atoms with Crippen LogP contribution < -0.4 is 11.1 Å². The van der Waals surface area contributed by atoms with E-state index in [0.717, 1.165) is 5.69 Å². The van der Waals surface area contributed by atoms with Crippen LogP contribution in [0.3, 0.4) is 0 Å². The molecular weight excluding hydrogens is 180 g/mol. The lowest BCUT2D eigenvalue weighted by Gasteiger charge is -2.06. The molecule has 1 aromatic heterocycles. The predicted molar refractivity (Wildman–Crippen MR) is 53.4 cm³/mol. The molecule has 0 aliphatic heterocycles. The Morgan fingerprint density at radius 1 is 1.93 bits per heavy atom. The minimum atomic E-state index is -0.683. The van der Waals surface area contributed by atoms with Crippen LogP contribution in [0.15, 0.2) is 6.07 Å². The molecule has 4 N–H and O–H groups in total. The normalized spacial score (nSPS) is 11.8. The van der Waals surface area contributed by atoms with E-state index in [2.05, 4.69) is 21.4 Å². The van der Waals surface area contributed by atoms with Gasteiger partial charge in [0.25, 0.3) is 0 Å². The van der Waals surface area contributed by atoms with Gasteiger partial charge in [-0.05, 0) is 6.92 Å². The number of terminal acetylenes is 1. The molecule has 1 rings (SSSR count). The van der Waals surface area contributed by atoms with Crippen LogP contribution in [0.1, 0.15) is 12.1 Å². The van der Waals surface area contributed by atoms with Crippen LogP contribution in [0.5, 0.6) is 0 Å². The van der Waals surface area contributed by atoms with Crippen LogP contribution in [0, 0.1) is 19.3 Å². The summed E-state index contributed by atoms with van der Waals surface area (Å²) in [5, 5.41) is 9.08. The SMILES string of the molecule is C#CCC(N)C(=O)Nc1cc(C)[nH]n1. The number of aromatic nitrogens is 2. The highest BCUT2D eigenvalue weighted by atomic mass is 16.2. The van der Waals surface area contributed by atoms with Crippen LogP contribution in [0.4, 0.5) is 5.82 Å². The zero-order valence-corrected chi connectivity index (χ0v) is 7.87. The van der Waals surface area contributed by atoms with E-state index >= 15 is 0 Å². The van der Waals surface area contributed by atoms with Gasteiger partial charge in [-0.15, -0.1) is 12.3 Å². The maximum absolute atomic E-state index is 11.3. The molecule has 0 saturated heterocycles. The summed E-state index contributed by atoms with van der Waals surface area (Å²) in [7, 11) is 0. The fourth-order valence-corrected chi connectivity index (χ4v) is 0.921. The van der Waals surface area contributed by atoms with Gasteiger partial charge in [-0.2, -0.15) is 5.10 Å². The molecule has 5 nitrogen and oxygen atoms in total. The number of carbonyl (C=O) groups excluding carboxylic acids is 1. The van der Waals surface area contributed by atoms with Gasteiger partial charge >= 0.3 is 0 Å². The van der Waals surface area contributed by atoms with E-state index in [9.17, 15) is 4.79 Å². The third kappa shape index (κ3) is 2.61. The van der Waals surface area contributed by atoms with Gasteiger partial charge in [0.15, 0.2) is 5.82 Å². The number of nitrogens with one attached hydrogen (secondary N) is 2. The highest BCUT2D eigenvalue weighted by Gasteiger charge is 2.12. The van der Waals surface area contributed by atoms with Crippen molar-refractivity contribution in [2.45, 2.75) is 19.4 Å². The summed E-state index contributed by atoms with van der Waals surface area (Å²) in [6.07, 6.45) is 5.25. The van der Waals surface area contributed by atoms with Crippen molar-refractivity contribution >= 4 is 11.7 Å². The Morgan fingerprint density at radius 3 is 3.14 bits per heavy atom. The largest absolute Gasteiger partial charge is 0.319 e. The summed E-state index contributed by atoms with van der Waals surface area (Å²) in [5.74, 6) is 2.46. The molecule has 1 aromatic rings. The molecule has 1 unspecified atom stereocenters. The first-order chi connectivity index (χ1) is 6.63. The van der Waals surface area contributed by atoms with Crippen molar-refractivity contribution in [2.75, 3.05) is 5.32 Å². The number of nitrogens with two attached hydrogens (primary N) is 1. The molecule has 74 valence electrons. The van der Waals surface area contributed by atoms with Gasteiger partial charge in [0, 0.05) is 18.2 Å². The minimum absolute atomic E-state index is 0.217. The highest BCUT2D eigenvalue weighted by molar-refractivity contribution is 5.94. The first kappa shape index (κ1) is 10.3. The molecule has 0 aliphatic carbocycles. The van der Waals surface area contributed by atoms with Crippen LogP contribution in [-0.2, 0) is 4.79 Å². The Bertz CT molecular complexity index is 363. The molecule has 0 radical (unpaired) electrons. The van der Waals surface area contributed by atoms with E-state index in [1.54, 1.807) is 6.07 Å². The topological polar surface area (TPSA) is 83.8 Å². The summed E-state index contributed by atoms with van der Waals surface area (Å²) < 4.78 is 0. The standard InChI is InChI=1S/C9H12N4O/c1-3-4-7(10)9(14)11-8-5-6(2)12-13-8/h1,5,7H,4,10H2,2H3,(H2,11,12,13,14). The summed E-state index contributed by atoms with van der Waals surface area (Å²) in [4.78, 5) is 11.3. The van der Waals surface area contributed by atoms with Crippen molar-refractivity contribution in [2.24, 2.45) is 5.73 Å². The fourth-order valence-electron chi connectivity index (χ4n) is 0.921. The smallest absolute Gasteiger partial charge is 0.243 e. The molecule has 1 amide bonds. The van der Waals surface area contributed by atoms with Crippen LogP contribution >= 0.6 is 0 Å². The summed E-state index contributed by atoms with van der Waals surface area (Å²) in [5.41, 5.74) is 6.36. The van der Waals surface area contributed by atoms with Crippen molar-refractivity contribution in [3.05, 3.63) is 11.8 Å². The maximum Gasteiger partial charge on any atom is 0.243 e. The first-order valence-electron chi connectivity index (χ1n) is 4.15. The Balaban J connectivity index is 2.53. The van der Waals surface area contributed by atoms with Crippen molar-refractivity contribution in [1.29, 1.82) is 0 Å². The third-order valence-corrected chi connectivity index (χ3v) is 1.63. The molecule has 0 spiro atoms. The van der Waals surface area contributed by atoms with E-state index < -0.39 is 6.04 Å². The Hall–Kier alpha value is -1.80. The second-order valence-electron chi connectivity index (χ2n) is 2.94. The third-order valence-electron chi connectivity index (χ3n) is 1.63. The molecule has 5 heteroatoms. The van der Waals surface area contributed by atoms with E-state index in [1.165, 1.54) is 0 Å². The molecule has 0 fully saturated rings. The quantitative estimate of drug-likeness (QED) is 0.590. The number of carbonyl (C=O) groups is 1. The second-order valence-corrected chi connectivity index (χ2v) is 2.94. The lowest BCUT2D eigenvalue weighted by molar-refractivity contribution is -0.117.